The molecule has 0 spiro atoms. The lowest BCUT2D eigenvalue weighted by molar-refractivity contribution is 0.617. The first-order valence-corrected chi connectivity index (χ1v) is 6.26. The summed E-state index contributed by atoms with van der Waals surface area (Å²) in [5.41, 5.74) is 1.22. The first-order chi connectivity index (χ1) is 8.25. The second-order valence-corrected chi connectivity index (χ2v) is 4.86. The fraction of sp³-hybridized carbons (Fsp3) is 0. The number of thiophene rings is 1. The molecule has 0 saturated carbocycles. The van der Waals surface area contributed by atoms with Gasteiger partial charge in [0, 0.05) is 10.3 Å². The molecule has 0 aliphatic carbocycles. The number of benzene rings is 1. The van der Waals surface area contributed by atoms with Crippen molar-refractivity contribution in [2.75, 3.05) is 0 Å². The fourth-order valence-corrected chi connectivity index (χ4v) is 2.84. The summed E-state index contributed by atoms with van der Waals surface area (Å²) < 4.78 is 15.1. The average molecular weight is 262 g/mol. The average Bonchev–Trinajstić information content (AvgIpc) is 2.80. The Bertz CT molecular complexity index is 745. The Kier molecular flexibility index (Phi) is 2.49. The number of nitrogens with one attached hydrogen (secondary N) is 1. The van der Waals surface area contributed by atoms with Crippen molar-refractivity contribution in [1.29, 1.82) is 0 Å². The lowest BCUT2D eigenvalue weighted by Crippen LogP contribution is -1.92. The van der Waals surface area contributed by atoms with E-state index in [2.05, 4.69) is 9.97 Å². The minimum atomic E-state index is -0.389. The number of aromatic nitrogens is 2. The molecule has 0 unspecified atom stereocenters. The Balaban J connectivity index is 2.37. The first kappa shape index (κ1) is 10.6. The number of nitrogens with zero attached hydrogens (tertiary/aromatic N) is 1. The molecule has 3 aromatic rings. The van der Waals surface area contributed by atoms with Crippen LogP contribution in [0.3, 0.4) is 0 Å². The molecule has 3 rings (SSSR count). The quantitative estimate of drug-likeness (QED) is 0.667. The van der Waals surface area contributed by atoms with Crippen molar-refractivity contribution in [3.8, 4) is 11.3 Å². The normalized spacial score (nSPS) is 10.9. The fourth-order valence-electron chi connectivity index (χ4n) is 1.76. The predicted octanol–water partition coefficient (Wildman–Crippen LogP) is 4.16. The molecule has 0 fully saturated rings. The van der Waals surface area contributed by atoms with Crippen molar-refractivity contribution in [1.82, 2.24) is 9.97 Å². The number of hydrogen-bond acceptors (Lipinski definition) is 3. The standard InChI is InChI=1S/C12H7FN2S2/c13-9-6-14-12(16)15-10(9)8-3-1-2-7-4-5-17-11(7)8/h1-6H,(H,14,15,16). The van der Waals surface area contributed by atoms with E-state index < -0.39 is 0 Å². The number of aromatic amines is 1. The number of halogens is 1. The van der Waals surface area contributed by atoms with E-state index in [1.807, 2.05) is 29.6 Å². The molecule has 2 heterocycles. The molecule has 0 amide bonds. The first-order valence-electron chi connectivity index (χ1n) is 4.97. The highest BCUT2D eigenvalue weighted by Gasteiger charge is 2.10. The van der Waals surface area contributed by atoms with Gasteiger partial charge in [-0.1, -0.05) is 18.2 Å². The van der Waals surface area contributed by atoms with Gasteiger partial charge < -0.3 is 4.98 Å². The number of rotatable bonds is 1. The molecule has 5 heteroatoms. The smallest absolute Gasteiger partial charge is 0.197 e. The molecule has 84 valence electrons. The summed E-state index contributed by atoms with van der Waals surface area (Å²) in [5, 5.41) is 3.09. The Hall–Kier alpha value is -1.59. The Labute approximate surface area is 106 Å². The summed E-state index contributed by atoms with van der Waals surface area (Å²) in [4.78, 5) is 6.53. The molecule has 0 aliphatic heterocycles. The van der Waals surface area contributed by atoms with Crippen LogP contribution >= 0.6 is 23.6 Å². The molecular formula is C12H7FN2S2. The molecule has 0 radical (unpaired) electrons. The van der Waals surface area contributed by atoms with Crippen LogP contribution in [0.1, 0.15) is 0 Å². The van der Waals surface area contributed by atoms with Crippen molar-refractivity contribution in [3.63, 3.8) is 0 Å². The van der Waals surface area contributed by atoms with Crippen LogP contribution in [0, 0.1) is 10.6 Å². The zero-order valence-corrected chi connectivity index (χ0v) is 10.2. The summed E-state index contributed by atoms with van der Waals surface area (Å²) in [6, 6.07) is 7.80. The highest BCUT2D eigenvalue weighted by molar-refractivity contribution is 7.71. The number of fused-ring (bicyclic) bond motifs is 1. The van der Waals surface area contributed by atoms with Gasteiger partial charge in [-0.25, -0.2) is 9.37 Å². The molecule has 17 heavy (non-hydrogen) atoms. The van der Waals surface area contributed by atoms with E-state index in [4.69, 9.17) is 12.2 Å². The Morgan fingerprint density at radius 1 is 1.29 bits per heavy atom. The predicted molar refractivity (Wildman–Crippen MR) is 70.2 cm³/mol. The van der Waals surface area contributed by atoms with Gasteiger partial charge in [0.25, 0.3) is 0 Å². The van der Waals surface area contributed by atoms with E-state index in [1.165, 1.54) is 0 Å². The Morgan fingerprint density at radius 2 is 2.18 bits per heavy atom. The molecule has 0 bridgehead atoms. The van der Waals surface area contributed by atoms with Crippen molar-refractivity contribution in [3.05, 3.63) is 46.4 Å². The van der Waals surface area contributed by atoms with E-state index in [1.54, 1.807) is 11.3 Å². The van der Waals surface area contributed by atoms with Gasteiger partial charge in [-0.15, -0.1) is 11.3 Å². The van der Waals surface area contributed by atoms with Gasteiger partial charge in [-0.2, -0.15) is 0 Å². The van der Waals surface area contributed by atoms with Gasteiger partial charge in [0.05, 0.1) is 11.9 Å². The maximum atomic E-state index is 13.8. The zero-order chi connectivity index (χ0) is 11.8. The third kappa shape index (κ3) is 1.77. The minimum Gasteiger partial charge on any atom is -0.328 e. The van der Waals surface area contributed by atoms with Crippen LogP contribution in [0.25, 0.3) is 21.3 Å². The number of H-pyrrole nitrogens is 1. The van der Waals surface area contributed by atoms with Crippen LogP contribution in [0.5, 0.6) is 0 Å². The summed E-state index contributed by atoms with van der Waals surface area (Å²) in [6.45, 7) is 0. The molecule has 0 atom stereocenters. The van der Waals surface area contributed by atoms with Crippen molar-refractivity contribution in [2.24, 2.45) is 0 Å². The van der Waals surface area contributed by atoms with E-state index in [0.717, 1.165) is 21.8 Å². The topological polar surface area (TPSA) is 28.7 Å². The third-order valence-corrected chi connectivity index (χ3v) is 3.69. The summed E-state index contributed by atoms with van der Waals surface area (Å²) in [5.74, 6) is -0.389. The van der Waals surface area contributed by atoms with Crippen molar-refractivity contribution >= 4 is 33.6 Å². The highest BCUT2D eigenvalue weighted by Crippen LogP contribution is 2.32. The van der Waals surface area contributed by atoms with E-state index in [0.29, 0.717) is 5.69 Å². The highest BCUT2D eigenvalue weighted by atomic mass is 32.1. The molecular weight excluding hydrogens is 255 g/mol. The van der Waals surface area contributed by atoms with Gasteiger partial charge >= 0.3 is 0 Å². The lowest BCUT2D eigenvalue weighted by atomic mass is 10.1. The van der Waals surface area contributed by atoms with E-state index >= 15 is 0 Å². The van der Waals surface area contributed by atoms with Crippen LogP contribution in [-0.2, 0) is 0 Å². The molecule has 0 saturated heterocycles. The summed E-state index contributed by atoms with van der Waals surface area (Å²) in [7, 11) is 0. The minimum absolute atomic E-state index is 0.287. The van der Waals surface area contributed by atoms with Crippen LogP contribution < -0.4 is 0 Å². The number of hydrogen-bond donors (Lipinski definition) is 1. The second-order valence-electron chi connectivity index (χ2n) is 3.56. The maximum absolute atomic E-state index is 13.8. The van der Waals surface area contributed by atoms with Crippen LogP contribution in [0.4, 0.5) is 4.39 Å². The second kappa shape index (κ2) is 4.01. The summed E-state index contributed by atoms with van der Waals surface area (Å²) >= 11 is 6.51. The van der Waals surface area contributed by atoms with Gasteiger partial charge in [-0.3, -0.25) is 0 Å². The van der Waals surface area contributed by atoms with Crippen LogP contribution in [0.15, 0.2) is 35.8 Å². The molecule has 1 aromatic carbocycles. The maximum Gasteiger partial charge on any atom is 0.197 e. The van der Waals surface area contributed by atoms with Gasteiger partial charge in [-0.05, 0) is 29.1 Å². The van der Waals surface area contributed by atoms with E-state index in [9.17, 15) is 4.39 Å². The SMILES string of the molecule is Fc1cnc(=S)[nH]c1-c1cccc2ccsc12. The molecule has 2 nitrogen and oxygen atoms in total. The lowest BCUT2D eigenvalue weighted by Gasteiger charge is -2.04. The third-order valence-electron chi connectivity index (χ3n) is 2.51. The largest absolute Gasteiger partial charge is 0.328 e. The summed E-state index contributed by atoms with van der Waals surface area (Å²) in [6.07, 6.45) is 1.15. The molecule has 1 N–H and O–H groups in total. The van der Waals surface area contributed by atoms with Gasteiger partial charge in [0.15, 0.2) is 10.6 Å². The van der Waals surface area contributed by atoms with E-state index in [-0.39, 0.29) is 10.6 Å². The zero-order valence-electron chi connectivity index (χ0n) is 8.61. The Morgan fingerprint density at radius 3 is 3.06 bits per heavy atom. The van der Waals surface area contributed by atoms with Crippen molar-refractivity contribution < 1.29 is 4.39 Å². The van der Waals surface area contributed by atoms with Crippen LogP contribution in [-0.4, -0.2) is 9.97 Å². The van der Waals surface area contributed by atoms with Crippen molar-refractivity contribution in [2.45, 2.75) is 0 Å². The monoisotopic (exact) mass is 262 g/mol. The van der Waals surface area contributed by atoms with Gasteiger partial charge in [0.1, 0.15) is 0 Å². The molecule has 2 aromatic heterocycles. The van der Waals surface area contributed by atoms with Gasteiger partial charge in [0.2, 0.25) is 0 Å². The molecule has 0 aliphatic rings. The van der Waals surface area contributed by atoms with Crippen LogP contribution in [0.2, 0.25) is 0 Å².